The van der Waals surface area contributed by atoms with Crippen LogP contribution in [0.2, 0.25) is 0 Å². The molecule has 0 fully saturated rings. The Morgan fingerprint density at radius 3 is 3.05 bits per heavy atom. The van der Waals surface area contributed by atoms with Crippen molar-refractivity contribution in [2.24, 2.45) is 0 Å². The van der Waals surface area contributed by atoms with Gasteiger partial charge in [-0.25, -0.2) is 0 Å². The molecule has 4 heteroatoms. The number of carbonyl (C=O) groups is 1. The summed E-state index contributed by atoms with van der Waals surface area (Å²) in [5, 5.41) is 0.682. The number of hydrogen-bond acceptors (Lipinski definition) is 4. The first kappa shape index (κ1) is 14.7. The number of nitrogens with two attached hydrogens (primary N) is 1. The van der Waals surface area contributed by atoms with Gasteiger partial charge < -0.3 is 10.5 Å². The van der Waals surface area contributed by atoms with Crippen molar-refractivity contribution in [1.29, 1.82) is 0 Å². The number of ether oxygens (including phenoxy) is 1. The van der Waals surface area contributed by atoms with Gasteiger partial charge in [-0.2, -0.15) is 0 Å². The minimum Gasteiger partial charge on any atom is -0.465 e. The summed E-state index contributed by atoms with van der Waals surface area (Å²) in [6.45, 7) is 7.75. The van der Waals surface area contributed by atoms with Crippen LogP contribution in [0.5, 0.6) is 0 Å². The van der Waals surface area contributed by atoms with E-state index in [1.54, 1.807) is 0 Å². The summed E-state index contributed by atoms with van der Waals surface area (Å²) in [4.78, 5) is 13.6. The zero-order valence-corrected chi connectivity index (χ0v) is 12.7. The topological polar surface area (TPSA) is 52.3 Å². The fraction of sp³-hybridized carbons (Fsp3) is 0.438. The van der Waals surface area contributed by atoms with Crippen molar-refractivity contribution in [2.45, 2.75) is 38.5 Å². The second-order valence-electron chi connectivity index (χ2n) is 5.02. The minimum absolute atomic E-state index is 0.180. The minimum atomic E-state index is -0.636. The normalized spacial score (nSPS) is 20.5. The highest BCUT2D eigenvalue weighted by Crippen LogP contribution is 2.46. The lowest BCUT2D eigenvalue weighted by atomic mass is 9.72. The molecule has 2 N–H and O–H groups in total. The van der Waals surface area contributed by atoms with Crippen molar-refractivity contribution in [2.75, 3.05) is 12.3 Å². The molecule has 0 aliphatic heterocycles. The molecule has 106 valence electrons. The van der Waals surface area contributed by atoms with Crippen LogP contribution in [0.25, 0.3) is 0 Å². The number of nitrogen functional groups attached to an aromatic ring is 1. The van der Waals surface area contributed by atoms with E-state index in [-0.39, 0.29) is 5.97 Å². The van der Waals surface area contributed by atoms with Crippen LogP contribution in [-0.4, -0.2) is 12.6 Å². The van der Waals surface area contributed by atoms with E-state index < -0.39 is 5.41 Å². The third-order valence-corrected chi connectivity index (χ3v) is 4.74. The number of anilines is 1. The van der Waals surface area contributed by atoms with Gasteiger partial charge in [0.15, 0.2) is 0 Å². The zero-order chi connectivity index (χ0) is 14.8. The van der Waals surface area contributed by atoms with E-state index in [9.17, 15) is 4.79 Å². The molecular weight excluding hydrogens is 270 g/mol. The molecule has 2 rings (SSSR count). The summed E-state index contributed by atoms with van der Waals surface area (Å²) in [6.07, 6.45) is 4.23. The fourth-order valence-electron chi connectivity index (χ4n) is 2.73. The highest BCUT2D eigenvalue weighted by molar-refractivity contribution is 7.16. The number of aryl methyl sites for hydroxylation is 1. The van der Waals surface area contributed by atoms with E-state index in [0.717, 1.165) is 35.3 Å². The first-order valence-corrected chi connectivity index (χ1v) is 7.57. The molecule has 0 spiro atoms. The SMILES string of the molecule is C=CC#Cc1c(N)sc2c1C(C)(C(=O)OCC)CCC2. The van der Waals surface area contributed by atoms with E-state index in [1.165, 1.54) is 17.4 Å². The van der Waals surface area contributed by atoms with Gasteiger partial charge >= 0.3 is 5.97 Å². The number of fused-ring (bicyclic) bond motifs is 1. The molecule has 1 aromatic rings. The van der Waals surface area contributed by atoms with Crippen molar-refractivity contribution in [3.63, 3.8) is 0 Å². The number of allylic oxidation sites excluding steroid dienone is 1. The molecule has 1 heterocycles. The lowest BCUT2D eigenvalue weighted by molar-refractivity contribution is -0.150. The standard InChI is InChI=1S/C16H19NO2S/c1-4-6-8-11-13-12(20-14(11)17)9-7-10-16(13,3)15(18)19-5-2/h4H,1,5,7,9-10,17H2,2-3H3. The molecule has 1 atom stereocenters. The van der Waals surface area contributed by atoms with Gasteiger partial charge in [0.05, 0.1) is 17.6 Å². The van der Waals surface area contributed by atoms with Crippen LogP contribution in [0.3, 0.4) is 0 Å². The highest BCUT2D eigenvalue weighted by Gasteiger charge is 2.43. The Labute approximate surface area is 123 Å². The molecule has 0 radical (unpaired) electrons. The molecule has 1 aliphatic carbocycles. The zero-order valence-electron chi connectivity index (χ0n) is 11.9. The van der Waals surface area contributed by atoms with Crippen LogP contribution in [0.15, 0.2) is 12.7 Å². The van der Waals surface area contributed by atoms with Crippen molar-refractivity contribution < 1.29 is 9.53 Å². The summed E-state index contributed by atoms with van der Waals surface area (Å²) in [7, 11) is 0. The van der Waals surface area contributed by atoms with Crippen molar-refractivity contribution in [3.8, 4) is 11.8 Å². The van der Waals surface area contributed by atoms with E-state index in [1.807, 2.05) is 13.8 Å². The quantitative estimate of drug-likeness (QED) is 0.672. The maximum Gasteiger partial charge on any atom is 0.316 e. The Hall–Kier alpha value is -1.73. The summed E-state index contributed by atoms with van der Waals surface area (Å²) in [5.74, 6) is 5.69. The first-order valence-electron chi connectivity index (χ1n) is 6.75. The van der Waals surface area contributed by atoms with Gasteiger partial charge in [-0.05, 0) is 39.2 Å². The number of rotatable bonds is 2. The van der Waals surface area contributed by atoms with E-state index in [0.29, 0.717) is 11.6 Å². The van der Waals surface area contributed by atoms with Gasteiger partial charge in [-0.15, -0.1) is 11.3 Å². The van der Waals surface area contributed by atoms with Gasteiger partial charge in [0.25, 0.3) is 0 Å². The van der Waals surface area contributed by atoms with E-state index >= 15 is 0 Å². The third-order valence-electron chi connectivity index (χ3n) is 3.67. The summed E-state index contributed by atoms with van der Waals surface area (Å²) < 4.78 is 5.27. The lowest BCUT2D eigenvalue weighted by Crippen LogP contribution is -2.37. The number of hydrogen-bond donors (Lipinski definition) is 1. The van der Waals surface area contributed by atoms with Gasteiger partial charge in [0, 0.05) is 10.4 Å². The van der Waals surface area contributed by atoms with Crippen LogP contribution >= 0.6 is 11.3 Å². The lowest BCUT2D eigenvalue weighted by Gasteiger charge is -2.32. The average molecular weight is 289 g/mol. The molecular formula is C16H19NO2S. The second-order valence-corrected chi connectivity index (χ2v) is 6.16. The van der Waals surface area contributed by atoms with Gasteiger partial charge in [0.2, 0.25) is 0 Å². The predicted molar refractivity (Wildman–Crippen MR) is 82.7 cm³/mol. The molecule has 0 bridgehead atoms. The Morgan fingerprint density at radius 2 is 2.40 bits per heavy atom. The number of esters is 1. The van der Waals surface area contributed by atoms with Crippen LogP contribution in [-0.2, 0) is 21.4 Å². The molecule has 3 nitrogen and oxygen atoms in total. The van der Waals surface area contributed by atoms with E-state index in [2.05, 4.69) is 18.4 Å². The summed E-state index contributed by atoms with van der Waals surface area (Å²) in [6, 6.07) is 0. The average Bonchev–Trinajstić information content (AvgIpc) is 2.74. The maximum absolute atomic E-state index is 12.4. The molecule has 0 aromatic carbocycles. The maximum atomic E-state index is 12.4. The molecule has 0 saturated heterocycles. The van der Waals surface area contributed by atoms with Gasteiger partial charge in [-0.1, -0.05) is 18.4 Å². The summed E-state index contributed by atoms with van der Waals surface area (Å²) >= 11 is 1.54. The van der Waals surface area contributed by atoms with Gasteiger partial charge in [0.1, 0.15) is 5.00 Å². The van der Waals surface area contributed by atoms with Crippen LogP contribution in [0.4, 0.5) is 5.00 Å². The van der Waals surface area contributed by atoms with Crippen LogP contribution in [0.1, 0.15) is 42.7 Å². The first-order chi connectivity index (χ1) is 9.54. The van der Waals surface area contributed by atoms with Crippen molar-refractivity contribution in [3.05, 3.63) is 28.7 Å². The molecule has 20 heavy (non-hydrogen) atoms. The number of thiophene rings is 1. The summed E-state index contributed by atoms with van der Waals surface area (Å²) in [5.41, 5.74) is 7.20. The molecule has 1 aliphatic rings. The second kappa shape index (κ2) is 5.72. The molecule has 1 unspecified atom stereocenters. The molecule has 0 amide bonds. The predicted octanol–water partition coefficient (Wildman–Crippen LogP) is 3.02. The van der Waals surface area contributed by atoms with Crippen LogP contribution in [0, 0.1) is 11.8 Å². The van der Waals surface area contributed by atoms with Crippen molar-refractivity contribution >= 4 is 22.3 Å². The Balaban J connectivity index is 2.59. The smallest absolute Gasteiger partial charge is 0.316 e. The Bertz CT molecular complexity index is 606. The highest BCUT2D eigenvalue weighted by atomic mass is 32.1. The number of carbonyl (C=O) groups excluding carboxylic acids is 1. The monoisotopic (exact) mass is 289 g/mol. The fourth-order valence-corrected chi connectivity index (χ4v) is 3.92. The molecule has 0 saturated carbocycles. The van der Waals surface area contributed by atoms with Gasteiger partial charge in [-0.3, -0.25) is 4.79 Å². The van der Waals surface area contributed by atoms with Crippen molar-refractivity contribution in [1.82, 2.24) is 0 Å². The Kier molecular flexibility index (Phi) is 4.20. The largest absolute Gasteiger partial charge is 0.465 e. The molecule has 1 aromatic heterocycles. The third kappa shape index (κ3) is 2.34. The van der Waals surface area contributed by atoms with E-state index in [4.69, 9.17) is 10.5 Å². The Morgan fingerprint density at radius 1 is 1.65 bits per heavy atom. The van der Waals surface area contributed by atoms with Crippen LogP contribution < -0.4 is 5.73 Å².